The zero-order valence-corrected chi connectivity index (χ0v) is 18.8. The molecule has 0 bridgehead atoms. The molecule has 0 aliphatic carbocycles. The van der Waals surface area contributed by atoms with Crippen molar-refractivity contribution >= 4 is 33.5 Å². The van der Waals surface area contributed by atoms with Gasteiger partial charge in [-0.2, -0.15) is 5.10 Å². The average molecular weight is 467 g/mol. The number of carbonyl (C=O) groups is 1. The number of anilines is 1. The first kappa shape index (κ1) is 23.6. The van der Waals surface area contributed by atoms with Crippen LogP contribution >= 0.6 is 0 Å². The molecule has 9 nitrogen and oxygen atoms in total. The van der Waals surface area contributed by atoms with Crippen LogP contribution in [0.5, 0.6) is 0 Å². The van der Waals surface area contributed by atoms with Crippen molar-refractivity contribution in [2.75, 3.05) is 10.8 Å². The molecule has 3 aromatic rings. The van der Waals surface area contributed by atoms with Crippen LogP contribution in [-0.2, 0) is 14.8 Å². The SMILES string of the molecule is Cc1cccc(N(CC(=O)NN=Cc2ccc([N+](=O)[O-])cc2)S(=O)(=O)c2ccccc2)c1C. The maximum absolute atomic E-state index is 13.4. The van der Waals surface area contributed by atoms with Crippen LogP contribution < -0.4 is 9.73 Å². The monoisotopic (exact) mass is 466 g/mol. The molecule has 0 atom stereocenters. The minimum Gasteiger partial charge on any atom is -0.271 e. The summed E-state index contributed by atoms with van der Waals surface area (Å²) >= 11 is 0. The van der Waals surface area contributed by atoms with Crippen LogP contribution in [0.2, 0.25) is 0 Å². The minimum absolute atomic E-state index is 0.0630. The van der Waals surface area contributed by atoms with Gasteiger partial charge in [0.1, 0.15) is 6.54 Å². The summed E-state index contributed by atoms with van der Waals surface area (Å²) in [5.41, 5.74) is 4.80. The molecule has 0 saturated carbocycles. The molecule has 0 aliphatic heterocycles. The van der Waals surface area contributed by atoms with E-state index in [1.807, 2.05) is 13.0 Å². The number of hydrazone groups is 1. The van der Waals surface area contributed by atoms with Gasteiger partial charge in [-0.3, -0.25) is 19.2 Å². The zero-order valence-electron chi connectivity index (χ0n) is 18.0. The van der Waals surface area contributed by atoms with Gasteiger partial charge in [0.2, 0.25) is 0 Å². The van der Waals surface area contributed by atoms with E-state index in [1.54, 1.807) is 37.3 Å². The number of rotatable bonds is 8. The number of nitro groups is 1. The van der Waals surface area contributed by atoms with Crippen molar-refractivity contribution in [3.63, 3.8) is 0 Å². The fourth-order valence-corrected chi connectivity index (χ4v) is 4.55. The molecule has 3 aromatic carbocycles. The lowest BCUT2D eigenvalue weighted by atomic mass is 10.1. The number of hydrogen-bond donors (Lipinski definition) is 1. The normalized spacial score (nSPS) is 11.3. The van der Waals surface area contributed by atoms with Crippen molar-refractivity contribution in [3.05, 3.63) is 99.6 Å². The molecule has 0 radical (unpaired) electrons. The number of carbonyl (C=O) groups excluding carboxylic acids is 1. The maximum Gasteiger partial charge on any atom is 0.269 e. The molecule has 0 aromatic heterocycles. The second kappa shape index (κ2) is 10.0. The van der Waals surface area contributed by atoms with E-state index >= 15 is 0 Å². The third-order valence-corrected chi connectivity index (χ3v) is 6.74. The number of hydrogen-bond acceptors (Lipinski definition) is 6. The molecule has 3 rings (SSSR count). The van der Waals surface area contributed by atoms with Crippen LogP contribution in [-0.4, -0.2) is 32.0 Å². The van der Waals surface area contributed by atoms with E-state index in [9.17, 15) is 23.3 Å². The summed E-state index contributed by atoms with van der Waals surface area (Å²) in [6.07, 6.45) is 1.32. The van der Waals surface area contributed by atoms with E-state index in [-0.39, 0.29) is 10.6 Å². The average Bonchev–Trinajstić information content (AvgIpc) is 2.80. The van der Waals surface area contributed by atoms with E-state index in [0.717, 1.165) is 15.4 Å². The predicted molar refractivity (Wildman–Crippen MR) is 126 cm³/mol. The van der Waals surface area contributed by atoms with E-state index in [2.05, 4.69) is 10.5 Å². The summed E-state index contributed by atoms with van der Waals surface area (Å²) in [6, 6.07) is 18.7. The Morgan fingerprint density at radius 3 is 2.33 bits per heavy atom. The topological polar surface area (TPSA) is 122 Å². The number of nitrogens with zero attached hydrogens (tertiary/aromatic N) is 3. The Morgan fingerprint density at radius 2 is 1.70 bits per heavy atom. The Bertz CT molecular complexity index is 1290. The number of sulfonamides is 1. The van der Waals surface area contributed by atoms with Crippen molar-refractivity contribution in [3.8, 4) is 0 Å². The number of non-ortho nitro benzene ring substituents is 1. The molecular weight excluding hydrogens is 444 g/mol. The number of nitrogens with one attached hydrogen (secondary N) is 1. The summed E-state index contributed by atoms with van der Waals surface area (Å²) in [5.74, 6) is -0.645. The minimum atomic E-state index is -4.02. The van der Waals surface area contributed by atoms with Crippen molar-refractivity contribution in [1.82, 2.24) is 5.43 Å². The van der Waals surface area contributed by atoms with Gasteiger partial charge < -0.3 is 0 Å². The lowest BCUT2D eigenvalue weighted by Gasteiger charge is -2.26. The first-order valence-electron chi connectivity index (χ1n) is 9.90. The second-order valence-corrected chi connectivity index (χ2v) is 9.05. The number of nitro benzene ring substituents is 1. The summed E-state index contributed by atoms with van der Waals surface area (Å²) in [4.78, 5) is 22.9. The number of amides is 1. The molecule has 1 N–H and O–H groups in total. The summed E-state index contributed by atoms with van der Waals surface area (Å²) in [5, 5.41) is 14.6. The van der Waals surface area contributed by atoms with Crippen molar-refractivity contribution < 1.29 is 18.1 Å². The summed E-state index contributed by atoms with van der Waals surface area (Å²) < 4.78 is 27.8. The lowest BCUT2D eigenvalue weighted by Crippen LogP contribution is -2.40. The number of benzene rings is 3. The molecule has 0 spiro atoms. The van der Waals surface area contributed by atoms with Crippen molar-refractivity contribution in [2.45, 2.75) is 18.7 Å². The molecule has 1 amide bonds. The molecule has 170 valence electrons. The van der Waals surface area contributed by atoms with E-state index in [4.69, 9.17) is 0 Å². The maximum atomic E-state index is 13.4. The highest BCUT2D eigenvalue weighted by Gasteiger charge is 2.28. The molecular formula is C23H22N4O5S. The van der Waals surface area contributed by atoms with Crippen molar-refractivity contribution in [2.24, 2.45) is 5.10 Å². The zero-order chi connectivity index (χ0) is 24.0. The van der Waals surface area contributed by atoms with Gasteiger partial charge in [-0.25, -0.2) is 13.8 Å². The Hall–Kier alpha value is -4.05. The van der Waals surface area contributed by atoms with Crippen LogP contribution in [0.25, 0.3) is 0 Å². The third kappa shape index (κ3) is 5.60. The molecule has 0 aliphatic rings. The highest BCUT2D eigenvalue weighted by molar-refractivity contribution is 7.92. The molecule has 0 unspecified atom stereocenters. The van der Waals surface area contributed by atoms with Crippen LogP contribution in [0.1, 0.15) is 16.7 Å². The second-order valence-electron chi connectivity index (χ2n) is 7.19. The van der Waals surface area contributed by atoms with Gasteiger partial charge in [0.25, 0.3) is 21.6 Å². The first-order valence-corrected chi connectivity index (χ1v) is 11.3. The molecule has 10 heteroatoms. The Balaban J connectivity index is 1.83. The van der Waals surface area contributed by atoms with Crippen LogP contribution in [0.4, 0.5) is 11.4 Å². The van der Waals surface area contributed by atoms with E-state index in [0.29, 0.717) is 11.3 Å². The standard InChI is InChI=1S/C23H22N4O5S/c1-17-7-6-10-22(18(17)2)26(33(31,32)21-8-4-3-5-9-21)16-23(28)25-24-15-19-11-13-20(14-12-19)27(29)30/h3-15H,16H2,1-2H3,(H,25,28). The van der Waals surface area contributed by atoms with Gasteiger partial charge in [0.05, 0.1) is 21.7 Å². The van der Waals surface area contributed by atoms with Crippen LogP contribution in [0.3, 0.4) is 0 Å². The Kier molecular flexibility index (Phi) is 7.19. The molecule has 0 fully saturated rings. The van der Waals surface area contributed by atoms with Crippen LogP contribution in [0, 0.1) is 24.0 Å². The smallest absolute Gasteiger partial charge is 0.269 e. The van der Waals surface area contributed by atoms with Gasteiger partial charge in [-0.05, 0) is 60.9 Å². The molecule has 33 heavy (non-hydrogen) atoms. The lowest BCUT2D eigenvalue weighted by molar-refractivity contribution is -0.384. The largest absolute Gasteiger partial charge is 0.271 e. The fraction of sp³-hybridized carbons (Fsp3) is 0.130. The third-order valence-electron chi connectivity index (χ3n) is 4.97. The van der Waals surface area contributed by atoms with Crippen LogP contribution in [0.15, 0.2) is 82.8 Å². The highest BCUT2D eigenvalue weighted by Crippen LogP contribution is 2.28. The van der Waals surface area contributed by atoms with Gasteiger partial charge >= 0.3 is 0 Å². The quantitative estimate of drug-likeness (QED) is 0.309. The number of aryl methyl sites for hydroxylation is 1. The fourth-order valence-electron chi connectivity index (χ4n) is 3.05. The van der Waals surface area contributed by atoms with Crippen molar-refractivity contribution in [1.29, 1.82) is 0 Å². The van der Waals surface area contributed by atoms with E-state index in [1.165, 1.54) is 42.6 Å². The molecule has 0 saturated heterocycles. The highest BCUT2D eigenvalue weighted by atomic mass is 32.2. The predicted octanol–water partition coefficient (Wildman–Crippen LogP) is 3.56. The van der Waals surface area contributed by atoms with Gasteiger partial charge in [-0.1, -0.05) is 30.3 Å². The van der Waals surface area contributed by atoms with Gasteiger partial charge in [0.15, 0.2) is 0 Å². The first-order chi connectivity index (χ1) is 15.7. The van der Waals surface area contributed by atoms with E-state index < -0.39 is 27.4 Å². The van der Waals surface area contributed by atoms with Gasteiger partial charge in [-0.15, -0.1) is 0 Å². The Labute approximate surface area is 191 Å². The summed E-state index contributed by atoms with van der Waals surface area (Å²) in [7, 11) is -4.02. The molecule has 0 heterocycles. The summed E-state index contributed by atoms with van der Waals surface area (Å²) in [6.45, 7) is 3.17. The Morgan fingerprint density at radius 1 is 1.03 bits per heavy atom. The van der Waals surface area contributed by atoms with Gasteiger partial charge in [0, 0.05) is 12.1 Å².